The smallest absolute Gasteiger partial charge is 0.271 e. The van der Waals surface area contributed by atoms with Gasteiger partial charge in [0.2, 0.25) is 0 Å². The average molecular weight is 255 g/mol. The standard InChI is InChI=1S/C12H21N3OS/c1-3-4-5-6-7-9(2)14-11(16)10-8-17-12(13)15-10/h8-9H,3-7H2,1-2H3,(H2,13,15)(H,14,16). The highest BCUT2D eigenvalue weighted by atomic mass is 32.1. The van der Waals surface area contributed by atoms with Crippen molar-refractivity contribution >= 4 is 22.4 Å². The molecule has 1 aromatic heterocycles. The van der Waals surface area contributed by atoms with Crippen LogP contribution in [-0.4, -0.2) is 16.9 Å². The number of nitrogens with zero attached hydrogens (tertiary/aromatic N) is 1. The number of unbranched alkanes of at least 4 members (excludes halogenated alkanes) is 3. The second-order valence-electron chi connectivity index (χ2n) is 4.29. The molecule has 1 atom stereocenters. The molecule has 0 saturated heterocycles. The van der Waals surface area contributed by atoms with E-state index in [0.717, 1.165) is 12.8 Å². The van der Waals surface area contributed by atoms with E-state index >= 15 is 0 Å². The van der Waals surface area contributed by atoms with Gasteiger partial charge >= 0.3 is 0 Å². The van der Waals surface area contributed by atoms with Crippen LogP contribution >= 0.6 is 11.3 Å². The predicted octanol–water partition coefficient (Wildman–Crippen LogP) is 2.81. The van der Waals surface area contributed by atoms with Gasteiger partial charge in [-0.1, -0.05) is 32.6 Å². The van der Waals surface area contributed by atoms with Gasteiger partial charge in [-0.2, -0.15) is 0 Å². The Morgan fingerprint density at radius 3 is 2.88 bits per heavy atom. The first-order valence-corrected chi connectivity index (χ1v) is 7.03. The summed E-state index contributed by atoms with van der Waals surface area (Å²) in [4.78, 5) is 15.7. The number of nitrogens with two attached hydrogens (primary N) is 1. The lowest BCUT2D eigenvalue weighted by Gasteiger charge is -2.12. The van der Waals surface area contributed by atoms with E-state index in [9.17, 15) is 4.79 Å². The van der Waals surface area contributed by atoms with Crippen LogP contribution in [0.3, 0.4) is 0 Å². The quantitative estimate of drug-likeness (QED) is 0.736. The molecule has 1 heterocycles. The largest absolute Gasteiger partial charge is 0.375 e. The first kappa shape index (κ1) is 14.0. The van der Waals surface area contributed by atoms with Crippen LogP contribution in [0.25, 0.3) is 0 Å². The van der Waals surface area contributed by atoms with Crippen molar-refractivity contribution < 1.29 is 4.79 Å². The minimum atomic E-state index is -0.124. The van der Waals surface area contributed by atoms with Crippen molar-refractivity contribution in [3.63, 3.8) is 0 Å². The van der Waals surface area contributed by atoms with Crippen molar-refractivity contribution in [3.8, 4) is 0 Å². The minimum Gasteiger partial charge on any atom is -0.375 e. The summed E-state index contributed by atoms with van der Waals surface area (Å²) in [6.07, 6.45) is 5.92. The Hall–Kier alpha value is -1.10. The molecule has 0 fully saturated rings. The van der Waals surface area contributed by atoms with Gasteiger partial charge in [0.15, 0.2) is 5.13 Å². The monoisotopic (exact) mass is 255 g/mol. The van der Waals surface area contributed by atoms with Crippen molar-refractivity contribution in [3.05, 3.63) is 11.1 Å². The second kappa shape index (κ2) is 7.27. The maximum Gasteiger partial charge on any atom is 0.271 e. The molecule has 17 heavy (non-hydrogen) atoms. The summed E-state index contributed by atoms with van der Waals surface area (Å²) < 4.78 is 0. The van der Waals surface area contributed by atoms with E-state index in [1.54, 1.807) is 5.38 Å². The number of nitrogens with one attached hydrogen (secondary N) is 1. The first-order chi connectivity index (χ1) is 8.13. The Labute approximate surface area is 107 Å². The molecule has 0 saturated carbocycles. The van der Waals surface area contributed by atoms with Crippen molar-refractivity contribution in [2.75, 3.05) is 5.73 Å². The van der Waals surface area contributed by atoms with Gasteiger partial charge in [0.25, 0.3) is 5.91 Å². The molecule has 1 amide bonds. The van der Waals surface area contributed by atoms with E-state index < -0.39 is 0 Å². The zero-order chi connectivity index (χ0) is 12.7. The molecule has 96 valence electrons. The van der Waals surface area contributed by atoms with Crippen molar-refractivity contribution in [1.82, 2.24) is 10.3 Å². The fourth-order valence-corrected chi connectivity index (χ4v) is 2.18. The molecule has 3 N–H and O–H groups in total. The second-order valence-corrected chi connectivity index (χ2v) is 5.18. The van der Waals surface area contributed by atoms with Crippen LogP contribution in [0.2, 0.25) is 0 Å². The zero-order valence-corrected chi connectivity index (χ0v) is 11.3. The van der Waals surface area contributed by atoms with E-state index in [1.807, 2.05) is 6.92 Å². The highest BCUT2D eigenvalue weighted by molar-refractivity contribution is 7.13. The normalized spacial score (nSPS) is 12.4. The number of nitrogen functional groups attached to an aromatic ring is 1. The summed E-state index contributed by atoms with van der Waals surface area (Å²) in [5.74, 6) is -0.124. The lowest BCUT2D eigenvalue weighted by atomic mass is 10.1. The lowest BCUT2D eigenvalue weighted by Crippen LogP contribution is -2.32. The minimum absolute atomic E-state index is 0.124. The number of thiazole rings is 1. The molecule has 1 rings (SSSR count). The van der Waals surface area contributed by atoms with Crippen molar-refractivity contribution in [2.45, 2.75) is 52.0 Å². The fourth-order valence-electron chi connectivity index (χ4n) is 1.64. The number of carbonyl (C=O) groups excluding carboxylic acids is 1. The topological polar surface area (TPSA) is 68.0 Å². The Kier molecular flexibility index (Phi) is 5.97. The van der Waals surface area contributed by atoms with Crippen LogP contribution in [0.5, 0.6) is 0 Å². The SMILES string of the molecule is CCCCCCC(C)NC(=O)c1csc(N)n1. The number of amides is 1. The maximum atomic E-state index is 11.7. The highest BCUT2D eigenvalue weighted by Gasteiger charge is 2.12. The summed E-state index contributed by atoms with van der Waals surface area (Å²) in [7, 11) is 0. The number of carbonyl (C=O) groups is 1. The predicted molar refractivity (Wildman–Crippen MR) is 72.2 cm³/mol. The molecule has 0 radical (unpaired) electrons. The summed E-state index contributed by atoms with van der Waals surface area (Å²) in [5, 5.41) is 5.06. The molecule has 5 heteroatoms. The number of anilines is 1. The summed E-state index contributed by atoms with van der Waals surface area (Å²) >= 11 is 1.29. The Bertz CT molecular complexity index is 351. The van der Waals surface area contributed by atoms with E-state index in [4.69, 9.17) is 5.73 Å². The van der Waals surface area contributed by atoms with E-state index in [0.29, 0.717) is 10.8 Å². The van der Waals surface area contributed by atoms with Crippen LogP contribution < -0.4 is 11.1 Å². The molecular formula is C12H21N3OS. The van der Waals surface area contributed by atoms with Gasteiger partial charge < -0.3 is 11.1 Å². The Morgan fingerprint density at radius 2 is 2.29 bits per heavy atom. The molecule has 0 aliphatic carbocycles. The number of hydrogen-bond donors (Lipinski definition) is 2. The van der Waals surface area contributed by atoms with Gasteiger partial charge in [0.05, 0.1) is 0 Å². The molecule has 0 aliphatic rings. The molecule has 1 unspecified atom stereocenters. The molecule has 0 bridgehead atoms. The lowest BCUT2D eigenvalue weighted by molar-refractivity contribution is 0.0933. The average Bonchev–Trinajstić information content (AvgIpc) is 2.71. The third-order valence-electron chi connectivity index (χ3n) is 2.62. The molecule has 0 aliphatic heterocycles. The molecule has 0 spiro atoms. The summed E-state index contributed by atoms with van der Waals surface area (Å²) in [6, 6.07) is 0.197. The van der Waals surface area contributed by atoms with Gasteiger partial charge in [-0.15, -0.1) is 11.3 Å². The van der Waals surface area contributed by atoms with E-state index in [2.05, 4.69) is 17.2 Å². The van der Waals surface area contributed by atoms with Crippen LogP contribution in [0, 0.1) is 0 Å². The number of rotatable bonds is 7. The molecule has 1 aromatic rings. The van der Waals surface area contributed by atoms with Gasteiger partial charge in [-0.25, -0.2) is 4.98 Å². The van der Waals surface area contributed by atoms with Crippen LogP contribution in [0.4, 0.5) is 5.13 Å². The molecule has 4 nitrogen and oxygen atoms in total. The van der Waals surface area contributed by atoms with E-state index in [-0.39, 0.29) is 11.9 Å². The third kappa shape index (κ3) is 5.17. The van der Waals surface area contributed by atoms with Gasteiger partial charge in [-0.05, 0) is 13.3 Å². The first-order valence-electron chi connectivity index (χ1n) is 6.15. The summed E-state index contributed by atoms with van der Waals surface area (Å²) in [6.45, 7) is 4.22. The third-order valence-corrected chi connectivity index (χ3v) is 3.30. The van der Waals surface area contributed by atoms with Gasteiger partial charge in [0.1, 0.15) is 5.69 Å². The summed E-state index contributed by atoms with van der Waals surface area (Å²) in [5.41, 5.74) is 5.91. The number of aromatic nitrogens is 1. The van der Waals surface area contributed by atoms with Crippen molar-refractivity contribution in [2.24, 2.45) is 0 Å². The zero-order valence-electron chi connectivity index (χ0n) is 10.5. The molecular weight excluding hydrogens is 234 g/mol. The molecule has 0 aromatic carbocycles. The van der Waals surface area contributed by atoms with Crippen LogP contribution in [0.1, 0.15) is 56.4 Å². The van der Waals surface area contributed by atoms with E-state index in [1.165, 1.54) is 30.6 Å². The fraction of sp³-hybridized carbons (Fsp3) is 0.667. The number of hydrogen-bond acceptors (Lipinski definition) is 4. The van der Waals surface area contributed by atoms with Gasteiger partial charge in [-0.3, -0.25) is 4.79 Å². The Balaban J connectivity index is 2.26. The van der Waals surface area contributed by atoms with Gasteiger partial charge in [0, 0.05) is 11.4 Å². The van der Waals surface area contributed by atoms with Crippen LogP contribution in [-0.2, 0) is 0 Å². The maximum absolute atomic E-state index is 11.7. The highest BCUT2D eigenvalue weighted by Crippen LogP contribution is 2.11. The van der Waals surface area contributed by atoms with Crippen molar-refractivity contribution in [1.29, 1.82) is 0 Å². The van der Waals surface area contributed by atoms with Crippen LogP contribution in [0.15, 0.2) is 5.38 Å². The Morgan fingerprint density at radius 1 is 1.53 bits per heavy atom.